The summed E-state index contributed by atoms with van der Waals surface area (Å²) < 4.78 is 51.5. The minimum atomic E-state index is -4.49. The van der Waals surface area contributed by atoms with E-state index < -0.39 is 23.8 Å². The largest absolute Gasteiger partial charge is 0.490 e. The first-order chi connectivity index (χ1) is 23.3. The molecule has 49 heavy (non-hydrogen) atoms. The number of carbonyl (C=O) groups is 2. The lowest BCUT2D eigenvalue weighted by atomic mass is 10.0. The number of carbonyl (C=O) groups excluding carboxylic acids is 2. The van der Waals surface area contributed by atoms with Crippen LogP contribution in [0.2, 0.25) is 0 Å². The first kappa shape index (κ1) is 37.6. The number of ether oxygens (including phenoxy) is 2. The van der Waals surface area contributed by atoms with Gasteiger partial charge in [0.15, 0.2) is 0 Å². The summed E-state index contributed by atoms with van der Waals surface area (Å²) in [5.41, 5.74) is 0.939. The summed E-state index contributed by atoms with van der Waals surface area (Å²) in [5, 5.41) is 15.4. The molecular formula is C36H46F3N5O5. The Balaban J connectivity index is 1.57. The number of fused-ring (bicyclic) bond motifs is 1. The number of anilines is 2. The fourth-order valence-electron chi connectivity index (χ4n) is 5.67. The third-order valence-electron chi connectivity index (χ3n) is 8.47. The minimum absolute atomic E-state index is 0.111. The van der Waals surface area contributed by atoms with Crippen molar-refractivity contribution in [2.24, 2.45) is 5.92 Å². The van der Waals surface area contributed by atoms with Crippen molar-refractivity contribution in [2.45, 2.75) is 71.0 Å². The van der Waals surface area contributed by atoms with Crippen molar-refractivity contribution in [3.05, 3.63) is 83.7 Å². The zero-order valence-electron chi connectivity index (χ0n) is 28.4. The number of pyridine rings is 1. The molecule has 3 N–H and O–H groups in total. The highest BCUT2D eigenvalue weighted by Gasteiger charge is 2.31. The van der Waals surface area contributed by atoms with Crippen LogP contribution in [-0.2, 0) is 17.5 Å². The average Bonchev–Trinajstić information content (AvgIpc) is 3.06. The van der Waals surface area contributed by atoms with Gasteiger partial charge in [-0.15, -0.1) is 0 Å². The van der Waals surface area contributed by atoms with Crippen LogP contribution in [0.3, 0.4) is 0 Å². The third kappa shape index (κ3) is 11.2. The lowest BCUT2D eigenvalue weighted by Crippen LogP contribution is -2.47. The predicted octanol–water partition coefficient (Wildman–Crippen LogP) is 6.67. The molecule has 0 unspecified atom stereocenters. The molecule has 4 rings (SSSR count). The van der Waals surface area contributed by atoms with Gasteiger partial charge in [0.25, 0.3) is 5.91 Å². The second-order valence-electron chi connectivity index (χ2n) is 12.7. The van der Waals surface area contributed by atoms with Gasteiger partial charge in [-0.3, -0.25) is 14.7 Å². The summed E-state index contributed by atoms with van der Waals surface area (Å²) in [6.07, 6.45) is 1.03. The number of alkyl halides is 3. The molecule has 0 spiro atoms. The van der Waals surface area contributed by atoms with E-state index in [-0.39, 0.29) is 54.1 Å². The lowest BCUT2D eigenvalue weighted by molar-refractivity contribution is -0.137. The Kier molecular flexibility index (Phi) is 13.4. The van der Waals surface area contributed by atoms with E-state index in [0.29, 0.717) is 25.4 Å². The molecule has 4 atom stereocenters. The van der Waals surface area contributed by atoms with E-state index in [0.717, 1.165) is 49.1 Å². The van der Waals surface area contributed by atoms with Crippen molar-refractivity contribution in [3.63, 3.8) is 0 Å². The number of benzene rings is 2. The number of nitrogens with one attached hydrogen (secondary N) is 2. The van der Waals surface area contributed by atoms with Gasteiger partial charge in [0.2, 0.25) is 0 Å². The molecule has 0 saturated heterocycles. The van der Waals surface area contributed by atoms with E-state index in [1.165, 1.54) is 6.07 Å². The van der Waals surface area contributed by atoms with Crippen LogP contribution in [0.1, 0.15) is 61.5 Å². The number of nitrogens with zero attached hydrogens (tertiary/aromatic N) is 3. The average molecular weight is 686 g/mol. The Labute approximate surface area is 285 Å². The molecule has 1 aliphatic heterocycles. The van der Waals surface area contributed by atoms with E-state index in [9.17, 15) is 27.9 Å². The number of aromatic nitrogens is 1. The molecule has 13 heteroatoms. The Morgan fingerprint density at radius 3 is 2.41 bits per heavy atom. The zero-order chi connectivity index (χ0) is 35.6. The minimum Gasteiger partial charge on any atom is -0.490 e. The van der Waals surface area contributed by atoms with Crippen molar-refractivity contribution < 1.29 is 37.3 Å². The predicted molar refractivity (Wildman–Crippen MR) is 182 cm³/mol. The summed E-state index contributed by atoms with van der Waals surface area (Å²) in [6, 6.07) is 11.5. The summed E-state index contributed by atoms with van der Waals surface area (Å²) in [6.45, 7) is 7.63. The maximum absolute atomic E-state index is 14.3. The highest BCUT2D eigenvalue weighted by atomic mass is 19.4. The van der Waals surface area contributed by atoms with Gasteiger partial charge >= 0.3 is 12.2 Å². The van der Waals surface area contributed by atoms with Gasteiger partial charge in [0.1, 0.15) is 5.75 Å². The van der Waals surface area contributed by atoms with E-state index in [4.69, 9.17) is 9.47 Å². The molecule has 3 amide bonds. The number of hydrogen-bond donors (Lipinski definition) is 3. The highest BCUT2D eigenvalue weighted by Crippen LogP contribution is 2.31. The fourth-order valence-corrected chi connectivity index (χ4v) is 5.67. The molecule has 2 aromatic carbocycles. The fraction of sp³-hybridized carbons (Fsp3) is 0.472. The number of rotatable bonds is 8. The van der Waals surface area contributed by atoms with E-state index in [1.54, 1.807) is 36.4 Å². The molecule has 0 fully saturated rings. The van der Waals surface area contributed by atoms with Gasteiger partial charge in [0.05, 0.1) is 36.0 Å². The third-order valence-corrected chi connectivity index (χ3v) is 8.47. The SMILES string of the molecule is C[C@H](CO)N1C[C@H](C)[C@H](CN(C)Cc2ccncc2)OCCCC[C@H](C)Oc2ccc(NC(=O)Nc3ccc(C(F)(F)F)cc3)cc2C1=O. The van der Waals surface area contributed by atoms with Crippen LogP contribution < -0.4 is 15.4 Å². The quantitative estimate of drug-likeness (QED) is 0.243. The van der Waals surface area contributed by atoms with Crippen LogP contribution in [0, 0.1) is 5.92 Å². The smallest absolute Gasteiger partial charge is 0.416 e. The van der Waals surface area contributed by atoms with Crippen molar-refractivity contribution in [3.8, 4) is 5.75 Å². The Bertz CT molecular complexity index is 1510. The van der Waals surface area contributed by atoms with E-state index in [1.807, 2.05) is 33.0 Å². The van der Waals surface area contributed by atoms with Crippen LogP contribution in [0.5, 0.6) is 5.75 Å². The molecule has 0 bridgehead atoms. The summed E-state index contributed by atoms with van der Waals surface area (Å²) >= 11 is 0. The maximum atomic E-state index is 14.3. The van der Waals surface area contributed by atoms with Crippen LogP contribution in [-0.4, -0.2) is 83.4 Å². The van der Waals surface area contributed by atoms with Gasteiger partial charge in [-0.1, -0.05) is 6.92 Å². The first-order valence-electron chi connectivity index (χ1n) is 16.5. The van der Waals surface area contributed by atoms with Crippen LogP contribution in [0.25, 0.3) is 0 Å². The molecule has 266 valence electrons. The number of aliphatic hydroxyl groups is 1. The Hall–Kier alpha value is -4.20. The van der Waals surface area contributed by atoms with E-state index in [2.05, 4.69) is 20.5 Å². The molecule has 1 aliphatic rings. The molecule has 3 aromatic rings. The number of urea groups is 1. The van der Waals surface area contributed by atoms with Gasteiger partial charge in [-0.2, -0.15) is 13.2 Å². The maximum Gasteiger partial charge on any atom is 0.416 e. The molecule has 10 nitrogen and oxygen atoms in total. The molecular weight excluding hydrogens is 639 g/mol. The second-order valence-corrected chi connectivity index (χ2v) is 12.7. The number of hydrogen-bond acceptors (Lipinski definition) is 7. The molecule has 1 aromatic heterocycles. The number of halogens is 3. The Morgan fingerprint density at radius 1 is 1.06 bits per heavy atom. The van der Waals surface area contributed by atoms with Crippen LogP contribution in [0.15, 0.2) is 67.0 Å². The van der Waals surface area contributed by atoms with Crippen molar-refractivity contribution in [1.82, 2.24) is 14.8 Å². The normalized spacial score (nSPS) is 20.1. The number of likely N-dealkylation sites (N-methyl/N-ethyl adjacent to an activating group) is 1. The second kappa shape index (κ2) is 17.5. The molecule has 0 radical (unpaired) electrons. The van der Waals surface area contributed by atoms with Gasteiger partial charge in [-0.05, 0) is 100 Å². The van der Waals surface area contributed by atoms with Crippen LogP contribution in [0.4, 0.5) is 29.3 Å². The summed E-state index contributed by atoms with van der Waals surface area (Å²) in [4.78, 5) is 35.0. The first-order valence-corrected chi connectivity index (χ1v) is 16.5. The van der Waals surface area contributed by atoms with Crippen molar-refractivity contribution >= 4 is 23.3 Å². The van der Waals surface area contributed by atoms with Gasteiger partial charge in [-0.25, -0.2) is 4.79 Å². The zero-order valence-corrected chi connectivity index (χ0v) is 28.4. The molecule has 2 heterocycles. The van der Waals surface area contributed by atoms with Crippen molar-refractivity contribution in [2.75, 3.05) is 44.0 Å². The van der Waals surface area contributed by atoms with Crippen molar-refractivity contribution in [1.29, 1.82) is 0 Å². The highest BCUT2D eigenvalue weighted by molar-refractivity contribution is 6.02. The molecule has 0 aliphatic carbocycles. The van der Waals surface area contributed by atoms with Crippen LogP contribution >= 0.6 is 0 Å². The standard InChI is InChI=1S/C36H46F3N5O5/c1-24-20-44(25(2)23-45)34(46)31-19-30(42-35(47)41-29-10-8-28(9-11-29)36(37,38)39)12-13-32(31)49-26(3)7-5-6-18-48-33(24)22-43(4)21-27-14-16-40-17-15-27/h8-17,19,24-26,33,45H,5-7,18,20-23H2,1-4H3,(H2,41,42,47)/t24-,25+,26-,33-/m0/s1. The Morgan fingerprint density at radius 2 is 1.73 bits per heavy atom. The number of amides is 3. The van der Waals surface area contributed by atoms with Gasteiger partial charge in [0, 0.05) is 55.9 Å². The topological polar surface area (TPSA) is 116 Å². The lowest BCUT2D eigenvalue weighted by Gasteiger charge is -2.36. The summed E-state index contributed by atoms with van der Waals surface area (Å²) in [7, 11) is 2.03. The monoisotopic (exact) mass is 685 g/mol. The van der Waals surface area contributed by atoms with Gasteiger partial charge < -0.3 is 30.1 Å². The summed E-state index contributed by atoms with van der Waals surface area (Å²) in [5.74, 6) is -0.154. The number of aliphatic hydroxyl groups excluding tert-OH is 1. The van der Waals surface area contributed by atoms with E-state index >= 15 is 0 Å². The molecule has 0 saturated carbocycles.